The van der Waals surface area contributed by atoms with Gasteiger partial charge in [-0.15, -0.1) is 0 Å². The molecule has 0 aliphatic carbocycles. The minimum atomic E-state index is -0.159. The molecule has 4 nitrogen and oxygen atoms in total. The number of amides is 1. The summed E-state index contributed by atoms with van der Waals surface area (Å²) in [6.07, 6.45) is 3.92. The van der Waals surface area contributed by atoms with E-state index in [1.165, 1.54) is 0 Å². The summed E-state index contributed by atoms with van der Waals surface area (Å²) in [5, 5.41) is 3.27. The number of nitrogens with zero attached hydrogens (tertiary/aromatic N) is 1. The monoisotopic (exact) mass is 236 g/mol. The topological polar surface area (TPSA) is 45.5 Å². The Morgan fingerprint density at radius 2 is 2.12 bits per heavy atom. The molecule has 2 atom stereocenters. The molecule has 1 saturated heterocycles. The van der Waals surface area contributed by atoms with Gasteiger partial charge in [-0.25, -0.2) is 0 Å². The maximum absolute atomic E-state index is 12.1. The predicted molar refractivity (Wildman–Crippen MR) is 65.5 cm³/mol. The van der Waals surface area contributed by atoms with Crippen LogP contribution in [0.25, 0.3) is 0 Å². The van der Waals surface area contributed by atoms with Crippen LogP contribution in [-0.2, 0) is 4.79 Å². The first-order chi connectivity index (χ1) is 8.18. The second-order valence-corrected chi connectivity index (χ2v) is 4.66. The summed E-state index contributed by atoms with van der Waals surface area (Å²) in [5.74, 6) is 1.06. The molecule has 94 valence electrons. The van der Waals surface area contributed by atoms with Crippen molar-refractivity contribution in [3.63, 3.8) is 0 Å². The zero-order valence-corrected chi connectivity index (χ0v) is 10.5. The highest BCUT2D eigenvalue weighted by molar-refractivity contribution is 5.81. The average Bonchev–Trinajstić information content (AvgIpc) is 3.00. The van der Waals surface area contributed by atoms with E-state index in [2.05, 4.69) is 5.32 Å². The van der Waals surface area contributed by atoms with E-state index in [1.54, 1.807) is 6.26 Å². The summed E-state index contributed by atoms with van der Waals surface area (Å²) in [7, 11) is 0. The van der Waals surface area contributed by atoms with Crippen LogP contribution in [0.2, 0.25) is 0 Å². The Kier molecular flexibility index (Phi) is 3.84. The number of rotatable bonds is 4. The molecule has 0 radical (unpaired) electrons. The molecule has 1 aromatic heterocycles. The Bertz CT molecular complexity index is 356. The minimum Gasteiger partial charge on any atom is -0.468 e. The van der Waals surface area contributed by atoms with E-state index >= 15 is 0 Å². The molecule has 1 aromatic rings. The van der Waals surface area contributed by atoms with Crippen LogP contribution in [0.1, 0.15) is 38.5 Å². The van der Waals surface area contributed by atoms with Gasteiger partial charge in [0.1, 0.15) is 5.76 Å². The molecule has 0 aromatic carbocycles. The Hall–Kier alpha value is -1.29. The van der Waals surface area contributed by atoms with E-state index < -0.39 is 0 Å². The predicted octanol–water partition coefficient (Wildman–Crippen LogP) is 1.94. The second-order valence-electron chi connectivity index (χ2n) is 4.66. The van der Waals surface area contributed by atoms with Gasteiger partial charge in [0.15, 0.2) is 0 Å². The van der Waals surface area contributed by atoms with Gasteiger partial charge in [0, 0.05) is 13.1 Å². The normalized spacial score (nSPS) is 19.3. The van der Waals surface area contributed by atoms with Crippen LogP contribution in [0.3, 0.4) is 0 Å². The van der Waals surface area contributed by atoms with Crippen LogP contribution in [0.15, 0.2) is 22.8 Å². The molecule has 1 amide bonds. The van der Waals surface area contributed by atoms with Gasteiger partial charge >= 0.3 is 0 Å². The number of hydrogen-bond donors (Lipinski definition) is 1. The molecule has 4 heteroatoms. The van der Waals surface area contributed by atoms with Gasteiger partial charge in [-0.1, -0.05) is 0 Å². The highest BCUT2D eigenvalue weighted by atomic mass is 16.3. The lowest BCUT2D eigenvalue weighted by atomic mass is 10.2. The number of hydrogen-bond acceptors (Lipinski definition) is 3. The molecule has 2 heterocycles. The van der Waals surface area contributed by atoms with Crippen LogP contribution in [0, 0.1) is 0 Å². The number of likely N-dealkylation sites (tertiary alicyclic amines) is 1. The summed E-state index contributed by atoms with van der Waals surface area (Å²) in [6, 6.07) is 3.69. The Balaban J connectivity index is 1.87. The average molecular weight is 236 g/mol. The number of nitrogens with one attached hydrogen (secondary N) is 1. The first kappa shape index (κ1) is 12.2. The molecule has 2 unspecified atom stereocenters. The maximum atomic E-state index is 12.1. The summed E-state index contributed by atoms with van der Waals surface area (Å²) in [5.41, 5.74) is 0. The fraction of sp³-hybridized carbons (Fsp3) is 0.615. The lowest BCUT2D eigenvalue weighted by Gasteiger charge is -2.23. The van der Waals surface area contributed by atoms with E-state index in [9.17, 15) is 4.79 Å². The van der Waals surface area contributed by atoms with Crippen molar-refractivity contribution in [2.24, 2.45) is 0 Å². The molecule has 1 fully saturated rings. The summed E-state index contributed by atoms with van der Waals surface area (Å²) in [6.45, 7) is 5.73. The zero-order valence-electron chi connectivity index (χ0n) is 10.5. The SMILES string of the molecule is CC(NC(C)c1ccco1)C(=O)N1CCCC1. The standard InChI is InChI=1S/C13H20N2O2/c1-10(12-6-5-9-17-12)14-11(2)13(16)15-7-3-4-8-15/h5-6,9-11,14H,3-4,7-8H2,1-2H3. The Morgan fingerprint density at radius 1 is 1.41 bits per heavy atom. The molecule has 17 heavy (non-hydrogen) atoms. The van der Waals surface area contributed by atoms with Gasteiger partial charge in [0.2, 0.25) is 5.91 Å². The molecule has 0 spiro atoms. The van der Waals surface area contributed by atoms with Crippen molar-refractivity contribution in [2.75, 3.05) is 13.1 Å². The van der Waals surface area contributed by atoms with Gasteiger partial charge in [0.05, 0.1) is 18.3 Å². The van der Waals surface area contributed by atoms with Gasteiger partial charge < -0.3 is 9.32 Å². The van der Waals surface area contributed by atoms with Crippen LogP contribution < -0.4 is 5.32 Å². The van der Waals surface area contributed by atoms with Crippen LogP contribution >= 0.6 is 0 Å². The third kappa shape index (κ3) is 2.88. The van der Waals surface area contributed by atoms with Crippen LogP contribution in [0.5, 0.6) is 0 Å². The third-order valence-corrected chi connectivity index (χ3v) is 3.26. The first-order valence-corrected chi connectivity index (χ1v) is 6.26. The van der Waals surface area contributed by atoms with Crippen LogP contribution in [-0.4, -0.2) is 29.9 Å². The Morgan fingerprint density at radius 3 is 2.71 bits per heavy atom. The minimum absolute atomic E-state index is 0.0616. The molecule has 1 aliphatic heterocycles. The molecule has 2 rings (SSSR count). The maximum Gasteiger partial charge on any atom is 0.239 e. The summed E-state index contributed by atoms with van der Waals surface area (Å²) in [4.78, 5) is 14.0. The van der Waals surface area contributed by atoms with E-state index in [0.717, 1.165) is 31.7 Å². The lowest BCUT2D eigenvalue weighted by molar-refractivity contribution is -0.132. The largest absolute Gasteiger partial charge is 0.468 e. The van der Waals surface area contributed by atoms with Gasteiger partial charge in [-0.2, -0.15) is 0 Å². The molecular formula is C13H20N2O2. The third-order valence-electron chi connectivity index (χ3n) is 3.26. The zero-order chi connectivity index (χ0) is 12.3. The van der Waals surface area contributed by atoms with E-state index in [1.807, 2.05) is 30.9 Å². The molecule has 1 aliphatic rings. The van der Waals surface area contributed by atoms with E-state index in [-0.39, 0.29) is 18.0 Å². The second kappa shape index (κ2) is 5.36. The highest BCUT2D eigenvalue weighted by Crippen LogP contribution is 2.15. The number of carbonyl (C=O) groups excluding carboxylic acids is 1. The van der Waals surface area contributed by atoms with E-state index in [0.29, 0.717) is 0 Å². The van der Waals surface area contributed by atoms with Crippen molar-refractivity contribution in [3.8, 4) is 0 Å². The number of carbonyl (C=O) groups is 1. The van der Waals surface area contributed by atoms with Crippen molar-refractivity contribution in [1.82, 2.24) is 10.2 Å². The smallest absolute Gasteiger partial charge is 0.239 e. The summed E-state index contributed by atoms with van der Waals surface area (Å²) < 4.78 is 5.31. The van der Waals surface area contributed by atoms with Crippen molar-refractivity contribution in [3.05, 3.63) is 24.2 Å². The number of furan rings is 1. The van der Waals surface area contributed by atoms with Crippen molar-refractivity contribution >= 4 is 5.91 Å². The van der Waals surface area contributed by atoms with Gasteiger partial charge in [0.25, 0.3) is 0 Å². The van der Waals surface area contributed by atoms with Crippen molar-refractivity contribution in [2.45, 2.75) is 38.8 Å². The first-order valence-electron chi connectivity index (χ1n) is 6.26. The van der Waals surface area contributed by atoms with Gasteiger partial charge in [-0.05, 0) is 38.8 Å². The van der Waals surface area contributed by atoms with Crippen molar-refractivity contribution < 1.29 is 9.21 Å². The van der Waals surface area contributed by atoms with Crippen LogP contribution in [0.4, 0.5) is 0 Å². The highest BCUT2D eigenvalue weighted by Gasteiger charge is 2.24. The Labute approximate surface area is 102 Å². The molecular weight excluding hydrogens is 216 g/mol. The fourth-order valence-electron chi connectivity index (χ4n) is 2.28. The summed E-state index contributed by atoms with van der Waals surface area (Å²) >= 11 is 0. The fourth-order valence-corrected chi connectivity index (χ4v) is 2.28. The van der Waals surface area contributed by atoms with Gasteiger partial charge in [-0.3, -0.25) is 10.1 Å². The van der Waals surface area contributed by atoms with Crippen molar-refractivity contribution in [1.29, 1.82) is 0 Å². The lowest BCUT2D eigenvalue weighted by Crippen LogP contribution is -2.44. The molecule has 1 N–H and O–H groups in total. The molecule has 0 saturated carbocycles. The quantitative estimate of drug-likeness (QED) is 0.869. The molecule has 0 bridgehead atoms. The van der Waals surface area contributed by atoms with E-state index in [4.69, 9.17) is 4.42 Å².